The summed E-state index contributed by atoms with van der Waals surface area (Å²) < 4.78 is 1.79. The smallest absolute Gasteiger partial charge is 0.134 e. The normalized spacial score (nSPS) is 23.9. The third-order valence-electron chi connectivity index (χ3n) is 3.51. The Morgan fingerprint density at radius 2 is 2.06 bits per heavy atom. The average molecular weight is 268 g/mol. The van der Waals surface area contributed by atoms with Crippen molar-refractivity contribution in [3.63, 3.8) is 0 Å². The van der Waals surface area contributed by atoms with E-state index in [2.05, 4.69) is 10.4 Å². The molecule has 0 bridgehead atoms. The molecule has 0 aliphatic heterocycles. The maximum absolute atomic E-state index is 9.51. The van der Waals surface area contributed by atoms with E-state index in [1.165, 1.54) is 0 Å². The molecule has 0 unspecified atom stereocenters. The summed E-state index contributed by atoms with van der Waals surface area (Å²) in [4.78, 5) is 0.374. The molecule has 0 aromatic carbocycles. The molecule has 18 heavy (non-hydrogen) atoms. The van der Waals surface area contributed by atoms with Crippen LogP contribution in [0.3, 0.4) is 0 Å². The van der Waals surface area contributed by atoms with Crippen molar-refractivity contribution in [2.45, 2.75) is 44.8 Å². The molecular formula is C12H20N4OS. The topological polar surface area (TPSA) is 76.1 Å². The predicted molar refractivity (Wildman–Crippen MR) is 75.7 cm³/mol. The first-order valence-electron chi connectivity index (χ1n) is 6.27. The average Bonchev–Trinajstić information content (AvgIpc) is 2.57. The lowest BCUT2D eigenvalue weighted by Gasteiger charge is -2.27. The Hall–Kier alpha value is -1.14. The maximum Gasteiger partial charge on any atom is 0.134 e. The number of nitrogens with one attached hydrogen (secondary N) is 1. The summed E-state index contributed by atoms with van der Waals surface area (Å²) in [6.07, 6.45) is 3.46. The number of aryl methyl sites for hydroxylation is 2. The number of aromatic nitrogens is 2. The van der Waals surface area contributed by atoms with E-state index in [1.807, 2.05) is 14.0 Å². The van der Waals surface area contributed by atoms with Gasteiger partial charge in [-0.1, -0.05) is 12.2 Å². The van der Waals surface area contributed by atoms with E-state index >= 15 is 0 Å². The molecule has 1 aromatic heterocycles. The minimum atomic E-state index is -0.147. The zero-order valence-corrected chi connectivity index (χ0v) is 11.6. The van der Waals surface area contributed by atoms with E-state index in [-0.39, 0.29) is 6.10 Å². The van der Waals surface area contributed by atoms with Gasteiger partial charge in [-0.2, -0.15) is 5.10 Å². The largest absolute Gasteiger partial charge is 0.393 e. The summed E-state index contributed by atoms with van der Waals surface area (Å²) >= 11 is 5.08. The standard InChI is InChI=1S/C12H20N4OS/c1-7-10(11(13)18)12(16(2)15-7)14-8-3-5-9(17)6-4-8/h8-9,14,17H,3-6H2,1-2H3,(H2,13,18). The highest BCUT2D eigenvalue weighted by Crippen LogP contribution is 2.25. The van der Waals surface area contributed by atoms with Crippen molar-refractivity contribution in [1.82, 2.24) is 9.78 Å². The zero-order chi connectivity index (χ0) is 13.3. The van der Waals surface area contributed by atoms with Crippen LogP contribution in [0.1, 0.15) is 36.9 Å². The molecule has 5 nitrogen and oxygen atoms in total. The van der Waals surface area contributed by atoms with Crippen LogP contribution in [0, 0.1) is 6.92 Å². The molecule has 0 spiro atoms. The van der Waals surface area contributed by atoms with Crippen molar-refractivity contribution < 1.29 is 5.11 Å². The highest BCUT2D eigenvalue weighted by molar-refractivity contribution is 7.80. The molecule has 1 aliphatic rings. The second-order valence-electron chi connectivity index (χ2n) is 4.95. The van der Waals surface area contributed by atoms with E-state index in [1.54, 1.807) is 4.68 Å². The highest BCUT2D eigenvalue weighted by atomic mass is 32.1. The van der Waals surface area contributed by atoms with Crippen LogP contribution in [0.25, 0.3) is 0 Å². The Bertz CT molecular complexity index is 449. The van der Waals surface area contributed by atoms with Gasteiger partial charge in [0.1, 0.15) is 10.8 Å². The second-order valence-corrected chi connectivity index (χ2v) is 5.39. The van der Waals surface area contributed by atoms with Crippen LogP contribution < -0.4 is 11.1 Å². The van der Waals surface area contributed by atoms with E-state index in [0.29, 0.717) is 11.0 Å². The second kappa shape index (κ2) is 5.24. The minimum absolute atomic E-state index is 0.147. The monoisotopic (exact) mass is 268 g/mol. The van der Waals surface area contributed by atoms with Gasteiger partial charge >= 0.3 is 0 Å². The SMILES string of the molecule is Cc1nn(C)c(NC2CCC(O)CC2)c1C(N)=S. The number of thiocarbonyl (C=S) groups is 1. The highest BCUT2D eigenvalue weighted by Gasteiger charge is 2.23. The number of nitrogens with zero attached hydrogens (tertiary/aromatic N) is 2. The lowest BCUT2D eigenvalue weighted by molar-refractivity contribution is 0.126. The van der Waals surface area contributed by atoms with Crippen molar-refractivity contribution in [2.24, 2.45) is 12.8 Å². The number of rotatable bonds is 3. The summed E-state index contributed by atoms with van der Waals surface area (Å²) in [5.74, 6) is 0.890. The Labute approximate surface area is 112 Å². The molecular weight excluding hydrogens is 248 g/mol. The van der Waals surface area contributed by atoms with Gasteiger partial charge < -0.3 is 16.2 Å². The van der Waals surface area contributed by atoms with Gasteiger partial charge in [0.15, 0.2) is 0 Å². The molecule has 1 heterocycles. The molecule has 1 aliphatic carbocycles. The number of aliphatic hydroxyl groups is 1. The van der Waals surface area contributed by atoms with E-state index in [4.69, 9.17) is 18.0 Å². The van der Waals surface area contributed by atoms with Gasteiger partial charge in [0, 0.05) is 13.1 Å². The lowest BCUT2D eigenvalue weighted by atomic mass is 9.93. The van der Waals surface area contributed by atoms with Crippen molar-refractivity contribution in [3.05, 3.63) is 11.3 Å². The number of hydrogen-bond donors (Lipinski definition) is 3. The summed E-state index contributed by atoms with van der Waals surface area (Å²) in [6, 6.07) is 0.358. The van der Waals surface area contributed by atoms with Crippen LogP contribution in [0.15, 0.2) is 0 Å². The third kappa shape index (κ3) is 2.64. The van der Waals surface area contributed by atoms with Gasteiger partial charge in [0.25, 0.3) is 0 Å². The van der Waals surface area contributed by atoms with Gasteiger partial charge in [-0.05, 0) is 32.6 Å². The summed E-state index contributed by atoms with van der Waals surface area (Å²) in [5, 5.41) is 17.3. The molecule has 0 radical (unpaired) electrons. The van der Waals surface area contributed by atoms with Crippen LogP contribution >= 0.6 is 12.2 Å². The first-order valence-corrected chi connectivity index (χ1v) is 6.68. The molecule has 2 rings (SSSR count). The molecule has 0 saturated heterocycles. The van der Waals surface area contributed by atoms with Gasteiger partial charge in [-0.15, -0.1) is 0 Å². The summed E-state index contributed by atoms with van der Waals surface area (Å²) in [7, 11) is 1.88. The Kier molecular flexibility index (Phi) is 3.87. The first-order chi connectivity index (χ1) is 8.49. The molecule has 1 fully saturated rings. The molecule has 6 heteroatoms. The predicted octanol–water partition coefficient (Wildman–Crippen LogP) is 1.08. The molecule has 100 valence electrons. The Balaban J connectivity index is 2.16. The summed E-state index contributed by atoms with van der Waals surface area (Å²) in [5.41, 5.74) is 7.44. The quantitative estimate of drug-likeness (QED) is 0.715. The van der Waals surface area contributed by atoms with Crippen molar-refractivity contribution in [3.8, 4) is 0 Å². The minimum Gasteiger partial charge on any atom is -0.393 e. The number of aliphatic hydroxyl groups excluding tert-OH is 1. The van der Waals surface area contributed by atoms with Crippen molar-refractivity contribution in [1.29, 1.82) is 0 Å². The van der Waals surface area contributed by atoms with Crippen LogP contribution in [0.4, 0.5) is 5.82 Å². The molecule has 1 saturated carbocycles. The van der Waals surface area contributed by atoms with Gasteiger partial charge in [0.05, 0.1) is 17.4 Å². The first kappa shape index (κ1) is 13.3. The van der Waals surface area contributed by atoms with Crippen LogP contribution in [-0.4, -0.2) is 32.0 Å². The zero-order valence-electron chi connectivity index (χ0n) is 10.8. The van der Waals surface area contributed by atoms with E-state index in [9.17, 15) is 5.11 Å². The van der Waals surface area contributed by atoms with Gasteiger partial charge in [-0.3, -0.25) is 4.68 Å². The number of hydrogen-bond acceptors (Lipinski definition) is 4. The number of anilines is 1. The summed E-state index contributed by atoms with van der Waals surface area (Å²) in [6.45, 7) is 1.91. The lowest BCUT2D eigenvalue weighted by Crippen LogP contribution is -2.30. The fourth-order valence-corrected chi connectivity index (χ4v) is 2.78. The fraction of sp³-hybridized carbons (Fsp3) is 0.667. The molecule has 0 amide bonds. The van der Waals surface area contributed by atoms with Crippen molar-refractivity contribution >= 4 is 23.0 Å². The van der Waals surface area contributed by atoms with E-state index in [0.717, 1.165) is 42.8 Å². The van der Waals surface area contributed by atoms with Crippen molar-refractivity contribution in [2.75, 3.05) is 5.32 Å². The Morgan fingerprint density at radius 3 is 2.61 bits per heavy atom. The molecule has 4 N–H and O–H groups in total. The molecule has 1 aromatic rings. The Morgan fingerprint density at radius 1 is 1.44 bits per heavy atom. The third-order valence-corrected chi connectivity index (χ3v) is 3.71. The van der Waals surface area contributed by atoms with E-state index < -0.39 is 0 Å². The fourth-order valence-electron chi connectivity index (χ4n) is 2.53. The van der Waals surface area contributed by atoms with Crippen LogP contribution in [0.2, 0.25) is 0 Å². The van der Waals surface area contributed by atoms with Gasteiger partial charge in [0.2, 0.25) is 0 Å². The van der Waals surface area contributed by atoms with Crippen LogP contribution in [0.5, 0.6) is 0 Å². The van der Waals surface area contributed by atoms with Gasteiger partial charge in [-0.25, -0.2) is 0 Å². The maximum atomic E-state index is 9.51. The number of nitrogens with two attached hydrogens (primary N) is 1. The molecule has 0 atom stereocenters. The van der Waals surface area contributed by atoms with Crippen LogP contribution in [-0.2, 0) is 7.05 Å².